The molecule has 1 fully saturated rings. The molecule has 21 heavy (non-hydrogen) atoms. The third-order valence-electron chi connectivity index (χ3n) is 3.45. The maximum atomic E-state index is 12.0. The van der Waals surface area contributed by atoms with Gasteiger partial charge in [0.15, 0.2) is 0 Å². The van der Waals surface area contributed by atoms with Crippen molar-refractivity contribution in [1.82, 2.24) is 15.5 Å². The van der Waals surface area contributed by atoms with Gasteiger partial charge in [0.05, 0.1) is 0 Å². The summed E-state index contributed by atoms with van der Waals surface area (Å²) >= 11 is 0. The maximum Gasteiger partial charge on any atom is 0.326 e. The summed E-state index contributed by atoms with van der Waals surface area (Å²) in [5.41, 5.74) is 0. The molecule has 3 amide bonds. The predicted octanol–water partition coefficient (Wildman–Crippen LogP) is 0.796. The first-order chi connectivity index (χ1) is 9.81. The zero-order valence-corrected chi connectivity index (χ0v) is 12.9. The SMILES string of the molecule is CC(C)C[C@H](NC(=O)NC(C)C(=O)N1CCCC1)C(=O)O. The summed E-state index contributed by atoms with van der Waals surface area (Å²) in [6.07, 6.45) is 2.32. The molecule has 1 aliphatic rings. The van der Waals surface area contributed by atoms with E-state index in [1.807, 2.05) is 13.8 Å². The van der Waals surface area contributed by atoms with Gasteiger partial charge in [0, 0.05) is 13.1 Å². The highest BCUT2D eigenvalue weighted by Crippen LogP contribution is 2.09. The van der Waals surface area contributed by atoms with Crippen molar-refractivity contribution in [3.8, 4) is 0 Å². The predicted molar refractivity (Wildman–Crippen MR) is 77.8 cm³/mol. The fourth-order valence-corrected chi connectivity index (χ4v) is 2.36. The number of nitrogens with one attached hydrogen (secondary N) is 2. The van der Waals surface area contributed by atoms with Crippen molar-refractivity contribution in [1.29, 1.82) is 0 Å². The molecule has 3 N–H and O–H groups in total. The van der Waals surface area contributed by atoms with Crippen LogP contribution in [-0.2, 0) is 9.59 Å². The maximum absolute atomic E-state index is 12.0. The number of nitrogens with zero attached hydrogens (tertiary/aromatic N) is 1. The number of aliphatic carboxylic acids is 1. The highest BCUT2D eigenvalue weighted by atomic mass is 16.4. The zero-order valence-electron chi connectivity index (χ0n) is 12.9. The summed E-state index contributed by atoms with van der Waals surface area (Å²) in [5, 5.41) is 14.0. The van der Waals surface area contributed by atoms with Gasteiger partial charge < -0.3 is 20.6 Å². The number of rotatable bonds is 6. The lowest BCUT2D eigenvalue weighted by atomic mass is 10.0. The summed E-state index contributed by atoms with van der Waals surface area (Å²) in [5.74, 6) is -1.05. The Bertz CT molecular complexity index is 392. The second kappa shape index (κ2) is 7.85. The van der Waals surface area contributed by atoms with Gasteiger partial charge in [-0.15, -0.1) is 0 Å². The third-order valence-corrected chi connectivity index (χ3v) is 3.45. The Labute approximate surface area is 125 Å². The topological polar surface area (TPSA) is 98.7 Å². The first-order valence-electron chi connectivity index (χ1n) is 7.40. The van der Waals surface area contributed by atoms with Crippen LogP contribution in [0.25, 0.3) is 0 Å². The van der Waals surface area contributed by atoms with E-state index in [9.17, 15) is 14.4 Å². The number of urea groups is 1. The molecule has 1 heterocycles. The Kier molecular flexibility index (Phi) is 6.45. The van der Waals surface area contributed by atoms with E-state index in [2.05, 4.69) is 10.6 Å². The van der Waals surface area contributed by atoms with E-state index in [-0.39, 0.29) is 11.8 Å². The Morgan fingerprint density at radius 2 is 1.67 bits per heavy atom. The van der Waals surface area contributed by atoms with E-state index >= 15 is 0 Å². The summed E-state index contributed by atoms with van der Waals surface area (Å²) in [6.45, 7) is 6.82. The van der Waals surface area contributed by atoms with E-state index in [4.69, 9.17) is 5.11 Å². The van der Waals surface area contributed by atoms with Crippen molar-refractivity contribution in [2.24, 2.45) is 5.92 Å². The minimum absolute atomic E-state index is 0.126. The molecular formula is C14H25N3O4. The summed E-state index contributed by atoms with van der Waals surface area (Å²) < 4.78 is 0. The fraction of sp³-hybridized carbons (Fsp3) is 0.786. The van der Waals surface area contributed by atoms with Crippen LogP contribution in [0.3, 0.4) is 0 Å². The minimum Gasteiger partial charge on any atom is -0.480 e. The van der Waals surface area contributed by atoms with E-state index in [1.54, 1.807) is 11.8 Å². The molecule has 0 aliphatic carbocycles. The largest absolute Gasteiger partial charge is 0.480 e. The van der Waals surface area contributed by atoms with E-state index in [0.717, 1.165) is 25.9 Å². The van der Waals surface area contributed by atoms with Crippen LogP contribution in [0.1, 0.15) is 40.0 Å². The minimum atomic E-state index is -1.07. The smallest absolute Gasteiger partial charge is 0.326 e. The molecule has 0 aromatic rings. The number of carboxylic acids is 1. The Balaban J connectivity index is 2.47. The van der Waals surface area contributed by atoms with Gasteiger partial charge in [0.1, 0.15) is 12.1 Å². The molecule has 1 unspecified atom stereocenters. The number of hydrogen-bond acceptors (Lipinski definition) is 3. The molecule has 7 heteroatoms. The third kappa shape index (κ3) is 5.61. The molecule has 7 nitrogen and oxygen atoms in total. The van der Waals surface area contributed by atoms with Gasteiger partial charge in [-0.05, 0) is 32.1 Å². The van der Waals surface area contributed by atoms with Crippen molar-refractivity contribution in [3.63, 3.8) is 0 Å². The fourth-order valence-electron chi connectivity index (χ4n) is 2.36. The van der Waals surface area contributed by atoms with Crippen LogP contribution in [0.4, 0.5) is 4.79 Å². The molecule has 2 atom stereocenters. The van der Waals surface area contributed by atoms with Crippen molar-refractivity contribution in [2.45, 2.75) is 52.1 Å². The second-order valence-electron chi connectivity index (χ2n) is 5.89. The number of amides is 3. The van der Waals surface area contributed by atoms with Crippen LogP contribution in [0.2, 0.25) is 0 Å². The number of carboxylic acid groups (broad SMARTS) is 1. The molecule has 0 saturated carbocycles. The molecule has 1 rings (SSSR count). The molecular weight excluding hydrogens is 274 g/mol. The van der Waals surface area contributed by atoms with Gasteiger partial charge in [-0.1, -0.05) is 13.8 Å². The molecule has 1 aliphatic heterocycles. The normalized spacial score (nSPS) is 17.4. The highest BCUT2D eigenvalue weighted by Gasteiger charge is 2.26. The molecule has 0 spiro atoms. The standard InChI is InChI=1S/C14H25N3O4/c1-9(2)8-11(13(19)20)16-14(21)15-10(3)12(18)17-6-4-5-7-17/h9-11H,4-8H2,1-3H3,(H,19,20)(H2,15,16,21)/t10?,11-/m0/s1. The van der Waals surface area contributed by atoms with Gasteiger partial charge >= 0.3 is 12.0 Å². The molecule has 0 bridgehead atoms. The van der Waals surface area contributed by atoms with Crippen molar-refractivity contribution < 1.29 is 19.5 Å². The van der Waals surface area contributed by atoms with Crippen LogP contribution in [-0.4, -0.2) is 53.1 Å². The van der Waals surface area contributed by atoms with E-state index in [1.165, 1.54) is 0 Å². The summed E-state index contributed by atoms with van der Waals surface area (Å²) in [7, 11) is 0. The first kappa shape index (κ1) is 17.3. The molecule has 1 saturated heterocycles. The average Bonchev–Trinajstić information content (AvgIpc) is 2.89. The molecule has 0 aromatic heterocycles. The lowest BCUT2D eigenvalue weighted by Crippen LogP contribution is -2.52. The Hall–Kier alpha value is -1.79. The quantitative estimate of drug-likeness (QED) is 0.675. The number of hydrogen-bond donors (Lipinski definition) is 3. The Morgan fingerprint density at radius 1 is 1.10 bits per heavy atom. The van der Waals surface area contributed by atoms with Crippen molar-refractivity contribution in [2.75, 3.05) is 13.1 Å². The van der Waals surface area contributed by atoms with Gasteiger partial charge in [0.25, 0.3) is 0 Å². The number of carbonyl (C=O) groups is 3. The van der Waals surface area contributed by atoms with Crippen molar-refractivity contribution >= 4 is 17.9 Å². The van der Waals surface area contributed by atoms with Gasteiger partial charge in [0.2, 0.25) is 5.91 Å². The van der Waals surface area contributed by atoms with Crippen LogP contribution in [0.15, 0.2) is 0 Å². The van der Waals surface area contributed by atoms with Gasteiger partial charge in [-0.25, -0.2) is 9.59 Å². The average molecular weight is 299 g/mol. The summed E-state index contributed by atoms with van der Waals surface area (Å²) in [6, 6.07) is -2.22. The van der Waals surface area contributed by atoms with Crippen LogP contribution >= 0.6 is 0 Å². The van der Waals surface area contributed by atoms with Crippen LogP contribution < -0.4 is 10.6 Å². The Morgan fingerprint density at radius 3 is 2.14 bits per heavy atom. The van der Waals surface area contributed by atoms with Crippen molar-refractivity contribution in [3.05, 3.63) is 0 Å². The molecule has 0 radical (unpaired) electrons. The monoisotopic (exact) mass is 299 g/mol. The van der Waals surface area contributed by atoms with Crippen LogP contribution in [0, 0.1) is 5.92 Å². The highest BCUT2D eigenvalue weighted by molar-refractivity contribution is 5.88. The summed E-state index contributed by atoms with van der Waals surface area (Å²) in [4.78, 5) is 36.7. The molecule has 0 aromatic carbocycles. The number of likely N-dealkylation sites (tertiary alicyclic amines) is 1. The zero-order chi connectivity index (χ0) is 16.0. The first-order valence-corrected chi connectivity index (χ1v) is 7.40. The van der Waals surface area contributed by atoms with E-state index < -0.39 is 24.1 Å². The number of carbonyl (C=O) groups excluding carboxylic acids is 2. The van der Waals surface area contributed by atoms with Crippen LogP contribution in [0.5, 0.6) is 0 Å². The lowest BCUT2D eigenvalue weighted by molar-refractivity contribution is -0.139. The van der Waals surface area contributed by atoms with Gasteiger partial charge in [-0.2, -0.15) is 0 Å². The second-order valence-corrected chi connectivity index (χ2v) is 5.89. The van der Waals surface area contributed by atoms with E-state index in [0.29, 0.717) is 6.42 Å². The van der Waals surface area contributed by atoms with Gasteiger partial charge in [-0.3, -0.25) is 4.79 Å². The molecule has 120 valence electrons. The lowest BCUT2D eigenvalue weighted by Gasteiger charge is -2.22.